The van der Waals surface area contributed by atoms with Crippen LogP contribution in [0.5, 0.6) is 0 Å². The highest BCUT2D eigenvalue weighted by molar-refractivity contribution is 7.92. The fourth-order valence-electron chi connectivity index (χ4n) is 2.52. The Morgan fingerprint density at radius 1 is 1.10 bits per heavy atom. The lowest BCUT2D eigenvalue weighted by molar-refractivity contribution is 0.578. The number of benzene rings is 1. The molecule has 0 amide bonds. The Bertz CT molecular complexity index is 532. The lowest BCUT2D eigenvalue weighted by Gasteiger charge is -2.28. The van der Waals surface area contributed by atoms with Gasteiger partial charge in [-0.1, -0.05) is 0 Å². The lowest BCUT2D eigenvalue weighted by Crippen LogP contribution is -2.29. The summed E-state index contributed by atoms with van der Waals surface area (Å²) in [7, 11) is -2.96. The average molecular weight is 310 g/mol. The van der Waals surface area contributed by atoms with E-state index in [4.69, 9.17) is 0 Å². The molecule has 0 saturated carbocycles. The summed E-state index contributed by atoms with van der Waals surface area (Å²) < 4.78 is 23.5. The van der Waals surface area contributed by atoms with Crippen molar-refractivity contribution in [3.05, 3.63) is 24.3 Å². The number of hydrogen-bond acceptors (Lipinski definition) is 4. The van der Waals surface area contributed by atoms with Crippen molar-refractivity contribution < 1.29 is 8.42 Å². The first-order valence-corrected chi connectivity index (χ1v) is 9.51. The molecule has 0 atom stereocenters. The summed E-state index contributed by atoms with van der Waals surface area (Å²) in [5.41, 5.74) is 2.24. The standard InChI is InChI=1S/C16H26N2O2S/c1-14(2)21(19,20)13-10-17-15-6-8-16(9-7-15)18-11-4-3-5-12-18/h6-9,14,17H,3-5,10-13H2,1-2H3. The Balaban J connectivity index is 1.85. The third kappa shape index (κ3) is 4.63. The minimum absolute atomic E-state index is 0.179. The van der Waals surface area contributed by atoms with Gasteiger partial charge in [-0.2, -0.15) is 0 Å². The first-order valence-electron chi connectivity index (χ1n) is 7.79. The van der Waals surface area contributed by atoms with Crippen LogP contribution in [0.25, 0.3) is 0 Å². The van der Waals surface area contributed by atoms with Crippen molar-refractivity contribution in [3.8, 4) is 0 Å². The van der Waals surface area contributed by atoms with Crippen molar-refractivity contribution in [3.63, 3.8) is 0 Å². The monoisotopic (exact) mass is 310 g/mol. The van der Waals surface area contributed by atoms with Crippen LogP contribution in [0, 0.1) is 0 Å². The van der Waals surface area contributed by atoms with Crippen molar-refractivity contribution in [2.45, 2.75) is 38.4 Å². The maximum atomic E-state index is 11.7. The van der Waals surface area contributed by atoms with Crippen LogP contribution in [0.1, 0.15) is 33.1 Å². The van der Waals surface area contributed by atoms with Gasteiger partial charge in [0.15, 0.2) is 9.84 Å². The molecule has 0 unspecified atom stereocenters. The molecule has 0 aliphatic carbocycles. The number of anilines is 2. The quantitative estimate of drug-likeness (QED) is 0.878. The highest BCUT2D eigenvalue weighted by Gasteiger charge is 2.15. The van der Waals surface area contributed by atoms with Crippen molar-refractivity contribution in [1.29, 1.82) is 0 Å². The van der Waals surface area contributed by atoms with Gasteiger partial charge in [-0.15, -0.1) is 0 Å². The van der Waals surface area contributed by atoms with E-state index in [-0.39, 0.29) is 11.0 Å². The van der Waals surface area contributed by atoms with Crippen molar-refractivity contribution in [2.24, 2.45) is 0 Å². The van der Waals surface area contributed by atoms with Crippen molar-refractivity contribution in [2.75, 3.05) is 35.6 Å². The molecule has 1 saturated heterocycles. The van der Waals surface area contributed by atoms with E-state index in [1.807, 2.05) is 12.1 Å². The summed E-state index contributed by atoms with van der Waals surface area (Å²) in [5, 5.41) is 2.88. The molecule has 1 fully saturated rings. The Labute approximate surface area is 128 Å². The molecule has 21 heavy (non-hydrogen) atoms. The van der Waals surface area contributed by atoms with Crippen molar-refractivity contribution in [1.82, 2.24) is 0 Å². The molecule has 2 rings (SSSR count). The Hall–Kier alpha value is -1.23. The molecule has 0 radical (unpaired) electrons. The van der Waals surface area contributed by atoms with E-state index in [1.165, 1.54) is 24.9 Å². The van der Waals surface area contributed by atoms with Gasteiger partial charge in [0.25, 0.3) is 0 Å². The van der Waals surface area contributed by atoms with Gasteiger partial charge in [0.05, 0.1) is 11.0 Å². The van der Waals surface area contributed by atoms with Gasteiger partial charge in [-0.3, -0.25) is 0 Å². The molecule has 5 heteroatoms. The zero-order valence-corrected chi connectivity index (χ0v) is 13.8. The van der Waals surface area contributed by atoms with Gasteiger partial charge in [0, 0.05) is 31.0 Å². The van der Waals surface area contributed by atoms with Gasteiger partial charge >= 0.3 is 0 Å². The van der Waals surface area contributed by atoms with Gasteiger partial charge < -0.3 is 10.2 Å². The predicted molar refractivity (Wildman–Crippen MR) is 89.9 cm³/mol. The Morgan fingerprint density at radius 2 is 1.71 bits per heavy atom. The van der Waals surface area contributed by atoms with E-state index in [9.17, 15) is 8.42 Å². The molecule has 1 aromatic rings. The number of nitrogens with one attached hydrogen (secondary N) is 1. The third-order valence-electron chi connectivity index (χ3n) is 4.02. The second kappa shape index (κ2) is 7.16. The fourth-order valence-corrected chi connectivity index (χ4v) is 3.37. The maximum absolute atomic E-state index is 11.7. The zero-order valence-electron chi connectivity index (χ0n) is 13.0. The molecular weight excluding hydrogens is 284 g/mol. The minimum atomic E-state index is -2.96. The van der Waals surface area contributed by atoms with Crippen LogP contribution in [0.15, 0.2) is 24.3 Å². The SMILES string of the molecule is CC(C)S(=O)(=O)CCNc1ccc(N2CCCCC2)cc1. The molecule has 1 heterocycles. The number of rotatable bonds is 6. The first kappa shape index (κ1) is 16.1. The number of nitrogens with zero attached hydrogens (tertiary/aromatic N) is 1. The first-order chi connectivity index (χ1) is 9.99. The molecular formula is C16H26N2O2S. The minimum Gasteiger partial charge on any atom is -0.384 e. The summed E-state index contributed by atoms with van der Waals surface area (Å²) >= 11 is 0. The van der Waals surface area contributed by atoms with E-state index in [1.54, 1.807) is 13.8 Å². The van der Waals surface area contributed by atoms with Crippen LogP contribution in [0.4, 0.5) is 11.4 Å². The second-order valence-corrected chi connectivity index (χ2v) is 8.61. The lowest BCUT2D eigenvalue weighted by atomic mass is 10.1. The fraction of sp³-hybridized carbons (Fsp3) is 0.625. The summed E-state index contributed by atoms with van der Waals surface area (Å²) in [5.74, 6) is 0.179. The highest BCUT2D eigenvalue weighted by atomic mass is 32.2. The van der Waals surface area contributed by atoms with Gasteiger partial charge in [-0.05, 0) is 57.4 Å². The van der Waals surface area contributed by atoms with Gasteiger partial charge in [-0.25, -0.2) is 8.42 Å². The van der Waals surface area contributed by atoms with Gasteiger partial charge in [0.1, 0.15) is 0 Å². The van der Waals surface area contributed by atoms with E-state index < -0.39 is 9.84 Å². The normalized spacial score (nSPS) is 16.2. The van der Waals surface area contributed by atoms with E-state index in [2.05, 4.69) is 22.3 Å². The van der Waals surface area contributed by atoms with Crippen LogP contribution < -0.4 is 10.2 Å². The Kier molecular flexibility index (Phi) is 5.51. The van der Waals surface area contributed by atoms with Crippen LogP contribution in [0.2, 0.25) is 0 Å². The molecule has 1 aliphatic heterocycles. The molecule has 118 valence electrons. The van der Waals surface area contributed by atoms with Crippen LogP contribution in [-0.2, 0) is 9.84 Å². The summed E-state index contributed by atoms with van der Waals surface area (Å²) in [6.07, 6.45) is 3.88. The van der Waals surface area contributed by atoms with Crippen LogP contribution in [0.3, 0.4) is 0 Å². The molecule has 0 bridgehead atoms. The second-order valence-electron chi connectivity index (χ2n) is 5.94. The topological polar surface area (TPSA) is 49.4 Å². The predicted octanol–water partition coefficient (Wildman–Crippen LogP) is 2.91. The molecule has 0 spiro atoms. The van der Waals surface area contributed by atoms with E-state index >= 15 is 0 Å². The number of piperidine rings is 1. The zero-order chi connectivity index (χ0) is 15.3. The summed E-state index contributed by atoms with van der Waals surface area (Å²) in [6, 6.07) is 8.30. The summed E-state index contributed by atoms with van der Waals surface area (Å²) in [6.45, 7) is 6.19. The number of sulfone groups is 1. The molecule has 1 aliphatic rings. The summed E-state index contributed by atoms with van der Waals surface area (Å²) in [4.78, 5) is 2.41. The number of hydrogen-bond donors (Lipinski definition) is 1. The molecule has 0 aromatic heterocycles. The molecule has 1 aromatic carbocycles. The molecule has 4 nitrogen and oxygen atoms in total. The van der Waals surface area contributed by atoms with Crippen LogP contribution in [-0.4, -0.2) is 39.1 Å². The Morgan fingerprint density at radius 3 is 2.29 bits per heavy atom. The largest absolute Gasteiger partial charge is 0.384 e. The average Bonchev–Trinajstić information content (AvgIpc) is 2.48. The van der Waals surface area contributed by atoms with E-state index in [0.717, 1.165) is 18.8 Å². The smallest absolute Gasteiger partial charge is 0.154 e. The van der Waals surface area contributed by atoms with E-state index in [0.29, 0.717) is 6.54 Å². The maximum Gasteiger partial charge on any atom is 0.154 e. The molecule has 1 N–H and O–H groups in total. The highest BCUT2D eigenvalue weighted by Crippen LogP contribution is 2.21. The van der Waals surface area contributed by atoms with Crippen molar-refractivity contribution >= 4 is 21.2 Å². The van der Waals surface area contributed by atoms with Gasteiger partial charge in [0.2, 0.25) is 0 Å². The van der Waals surface area contributed by atoms with Crippen LogP contribution >= 0.6 is 0 Å². The third-order valence-corrected chi connectivity index (χ3v) is 6.23.